The van der Waals surface area contributed by atoms with Gasteiger partial charge in [0, 0.05) is 23.6 Å². The summed E-state index contributed by atoms with van der Waals surface area (Å²) in [6, 6.07) is 5.62. The van der Waals surface area contributed by atoms with Gasteiger partial charge in [0.15, 0.2) is 5.16 Å². The summed E-state index contributed by atoms with van der Waals surface area (Å²) in [7, 11) is -0.920. The standard InChI is InChI=1S/C13H17ClN2O2S2/c1-3-20(17,18)8-4-7-19-13-15-11-9-10(14)5-6-12(11)16(13)2/h5-6,9H,3-4,7-8H2,1-2H3. The molecule has 2 rings (SSSR count). The summed E-state index contributed by atoms with van der Waals surface area (Å²) in [4.78, 5) is 4.52. The van der Waals surface area contributed by atoms with Crippen molar-refractivity contribution >= 4 is 44.2 Å². The fourth-order valence-electron chi connectivity index (χ4n) is 1.87. The molecule has 0 aliphatic carbocycles. The van der Waals surface area contributed by atoms with Crippen LogP contribution in [-0.2, 0) is 16.9 Å². The van der Waals surface area contributed by atoms with Gasteiger partial charge in [-0.05, 0) is 24.6 Å². The van der Waals surface area contributed by atoms with Gasteiger partial charge in [-0.3, -0.25) is 0 Å². The average Bonchev–Trinajstić information content (AvgIpc) is 2.71. The van der Waals surface area contributed by atoms with Crippen molar-refractivity contribution < 1.29 is 8.42 Å². The highest BCUT2D eigenvalue weighted by atomic mass is 35.5. The Kier molecular flexibility index (Phi) is 4.99. The van der Waals surface area contributed by atoms with E-state index in [9.17, 15) is 8.42 Å². The van der Waals surface area contributed by atoms with Crippen LogP contribution in [0, 0.1) is 0 Å². The third kappa shape index (κ3) is 3.68. The predicted molar refractivity (Wildman–Crippen MR) is 85.4 cm³/mol. The van der Waals surface area contributed by atoms with Crippen molar-refractivity contribution in [3.63, 3.8) is 0 Å². The van der Waals surface area contributed by atoms with Gasteiger partial charge in [-0.2, -0.15) is 0 Å². The number of rotatable bonds is 6. The quantitative estimate of drug-likeness (QED) is 0.602. The fraction of sp³-hybridized carbons (Fsp3) is 0.462. The first kappa shape index (κ1) is 15.7. The van der Waals surface area contributed by atoms with E-state index in [2.05, 4.69) is 4.98 Å². The van der Waals surface area contributed by atoms with E-state index < -0.39 is 9.84 Å². The Morgan fingerprint density at radius 3 is 2.85 bits per heavy atom. The van der Waals surface area contributed by atoms with E-state index in [-0.39, 0.29) is 11.5 Å². The van der Waals surface area contributed by atoms with Crippen molar-refractivity contribution in [1.82, 2.24) is 9.55 Å². The Morgan fingerprint density at radius 1 is 1.40 bits per heavy atom. The number of aryl methyl sites for hydroxylation is 1. The van der Waals surface area contributed by atoms with Crippen LogP contribution in [0.3, 0.4) is 0 Å². The SMILES string of the molecule is CCS(=O)(=O)CCCSc1nc2cc(Cl)ccc2n1C. The van der Waals surface area contributed by atoms with Gasteiger partial charge >= 0.3 is 0 Å². The second kappa shape index (κ2) is 6.37. The molecular formula is C13H17ClN2O2S2. The number of thioether (sulfide) groups is 1. The molecule has 0 spiro atoms. The van der Waals surface area contributed by atoms with Crippen LogP contribution >= 0.6 is 23.4 Å². The molecule has 0 amide bonds. The molecule has 2 aromatic rings. The molecule has 0 N–H and O–H groups in total. The first-order valence-corrected chi connectivity index (χ1v) is 9.56. The maximum Gasteiger partial charge on any atom is 0.168 e. The van der Waals surface area contributed by atoms with Gasteiger partial charge in [-0.25, -0.2) is 13.4 Å². The number of imidazole rings is 1. The van der Waals surface area contributed by atoms with Crippen molar-refractivity contribution in [2.75, 3.05) is 17.3 Å². The highest BCUT2D eigenvalue weighted by Gasteiger charge is 2.10. The highest BCUT2D eigenvalue weighted by molar-refractivity contribution is 7.99. The topological polar surface area (TPSA) is 52.0 Å². The highest BCUT2D eigenvalue weighted by Crippen LogP contribution is 2.25. The van der Waals surface area contributed by atoms with Gasteiger partial charge in [0.05, 0.1) is 16.8 Å². The molecule has 7 heteroatoms. The molecule has 0 saturated carbocycles. The number of benzene rings is 1. The van der Waals surface area contributed by atoms with Crippen molar-refractivity contribution in [2.45, 2.75) is 18.5 Å². The van der Waals surface area contributed by atoms with Crippen LogP contribution in [0.1, 0.15) is 13.3 Å². The van der Waals surface area contributed by atoms with Crippen molar-refractivity contribution in [2.24, 2.45) is 7.05 Å². The molecule has 0 saturated heterocycles. The van der Waals surface area contributed by atoms with Crippen LogP contribution in [0.2, 0.25) is 5.02 Å². The lowest BCUT2D eigenvalue weighted by molar-refractivity contribution is 0.596. The molecule has 0 aliphatic heterocycles. The van der Waals surface area contributed by atoms with E-state index in [4.69, 9.17) is 11.6 Å². The lowest BCUT2D eigenvalue weighted by Crippen LogP contribution is -2.09. The molecule has 0 unspecified atom stereocenters. The number of hydrogen-bond donors (Lipinski definition) is 0. The Morgan fingerprint density at radius 2 is 2.15 bits per heavy atom. The summed E-state index contributed by atoms with van der Waals surface area (Å²) < 4.78 is 24.8. The smallest absolute Gasteiger partial charge is 0.168 e. The van der Waals surface area contributed by atoms with Crippen LogP contribution in [0.4, 0.5) is 0 Å². The van der Waals surface area contributed by atoms with Gasteiger partial charge in [0.2, 0.25) is 0 Å². The predicted octanol–water partition coefficient (Wildman–Crippen LogP) is 3.14. The van der Waals surface area contributed by atoms with Gasteiger partial charge in [-0.1, -0.05) is 30.3 Å². The maximum absolute atomic E-state index is 11.4. The molecule has 1 aromatic carbocycles. The van der Waals surface area contributed by atoms with Crippen LogP contribution < -0.4 is 0 Å². The summed E-state index contributed by atoms with van der Waals surface area (Å²) in [6.07, 6.45) is 0.644. The summed E-state index contributed by atoms with van der Waals surface area (Å²) in [6.45, 7) is 1.68. The van der Waals surface area contributed by atoms with Gasteiger partial charge < -0.3 is 4.57 Å². The fourth-order valence-corrected chi connectivity index (χ4v) is 4.01. The maximum atomic E-state index is 11.4. The molecule has 110 valence electrons. The van der Waals surface area contributed by atoms with Gasteiger partial charge in [0.25, 0.3) is 0 Å². The Hall–Kier alpha value is -0.720. The Labute approximate surface area is 128 Å². The summed E-state index contributed by atoms with van der Waals surface area (Å²) >= 11 is 7.52. The summed E-state index contributed by atoms with van der Waals surface area (Å²) in [5.41, 5.74) is 1.89. The summed E-state index contributed by atoms with van der Waals surface area (Å²) in [5.74, 6) is 1.19. The van der Waals surface area contributed by atoms with Crippen LogP contribution in [0.15, 0.2) is 23.4 Å². The minimum Gasteiger partial charge on any atom is -0.322 e. The third-order valence-electron chi connectivity index (χ3n) is 3.07. The first-order chi connectivity index (χ1) is 9.43. The Balaban J connectivity index is 2.02. The van der Waals surface area contributed by atoms with Crippen molar-refractivity contribution in [3.8, 4) is 0 Å². The number of hydrogen-bond acceptors (Lipinski definition) is 4. The normalized spacial score (nSPS) is 12.2. The number of halogens is 1. The third-order valence-corrected chi connectivity index (χ3v) is 6.21. The zero-order valence-electron chi connectivity index (χ0n) is 11.5. The summed E-state index contributed by atoms with van der Waals surface area (Å²) in [5, 5.41) is 1.55. The van der Waals surface area contributed by atoms with Crippen LogP contribution in [0.5, 0.6) is 0 Å². The molecule has 0 bridgehead atoms. The monoisotopic (exact) mass is 332 g/mol. The van der Waals surface area contributed by atoms with E-state index in [1.165, 1.54) is 0 Å². The van der Waals surface area contributed by atoms with E-state index >= 15 is 0 Å². The molecule has 0 atom stereocenters. The lowest BCUT2D eigenvalue weighted by atomic mass is 10.3. The number of sulfone groups is 1. The molecule has 1 heterocycles. The minimum absolute atomic E-state index is 0.211. The van der Waals surface area contributed by atoms with Crippen molar-refractivity contribution in [1.29, 1.82) is 0 Å². The first-order valence-electron chi connectivity index (χ1n) is 6.38. The second-order valence-electron chi connectivity index (χ2n) is 4.52. The number of nitrogens with zero attached hydrogens (tertiary/aromatic N) is 2. The van der Waals surface area contributed by atoms with Gasteiger partial charge in [-0.15, -0.1) is 0 Å². The molecule has 0 aliphatic rings. The molecule has 0 fully saturated rings. The Bertz CT molecular complexity index is 710. The zero-order valence-corrected chi connectivity index (χ0v) is 13.9. The van der Waals surface area contributed by atoms with Crippen LogP contribution in [-0.4, -0.2) is 35.2 Å². The molecule has 20 heavy (non-hydrogen) atoms. The molecule has 4 nitrogen and oxygen atoms in total. The van der Waals surface area contributed by atoms with Crippen LogP contribution in [0.25, 0.3) is 11.0 Å². The average molecular weight is 333 g/mol. The van der Waals surface area contributed by atoms with E-state index in [1.54, 1.807) is 18.7 Å². The minimum atomic E-state index is -2.87. The lowest BCUT2D eigenvalue weighted by Gasteiger charge is -2.02. The van der Waals surface area contributed by atoms with E-state index in [0.29, 0.717) is 11.4 Å². The molecule has 0 radical (unpaired) electrons. The number of fused-ring (bicyclic) bond motifs is 1. The van der Waals surface area contributed by atoms with E-state index in [0.717, 1.165) is 21.9 Å². The van der Waals surface area contributed by atoms with E-state index in [1.807, 2.05) is 29.8 Å². The second-order valence-corrected chi connectivity index (χ2v) is 8.50. The zero-order chi connectivity index (χ0) is 14.8. The largest absolute Gasteiger partial charge is 0.322 e. The molecular weight excluding hydrogens is 316 g/mol. The number of aromatic nitrogens is 2. The van der Waals surface area contributed by atoms with Gasteiger partial charge in [0.1, 0.15) is 9.84 Å². The molecule has 1 aromatic heterocycles. The van der Waals surface area contributed by atoms with Crippen molar-refractivity contribution in [3.05, 3.63) is 23.2 Å².